The predicted octanol–water partition coefficient (Wildman–Crippen LogP) is 3.79. The molecule has 0 saturated heterocycles. The van der Waals surface area contributed by atoms with Crippen molar-refractivity contribution in [1.29, 1.82) is 0 Å². The van der Waals surface area contributed by atoms with Crippen molar-refractivity contribution in [2.45, 2.75) is 23.2 Å². The first-order valence-electron chi connectivity index (χ1n) is 9.70. The highest BCUT2D eigenvalue weighted by Gasteiger charge is 2.35. The molecule has 164 valence electrons. The molecule has 2 heterocycles. The summed E-state index contributed by atoms with van der Waals surface area (Å²) in [5, 5.41) is 6.28. The Balaban J connectivity index is 1.59. The SMILES string of the molecule is COc1ccccc1NC(=O)[C@H]1CC(=O)Nc2nc(SCc3ccccc3Cl)[nH]c(=O)c21. The van der Waals surface area contributed by atoms with E-state index in [0.29, 0.717) is 27.4 Å². The average Bonchev–Trinajstić information content (AvgIpc) is 2.78. The van der Waals surface area contributed by atoms with Gasteiger partial charge in [0.15, 0.2) is 5.16 Å². The van der Waals surface area contributed by atoms with Crippen molar-refractivity contribution < 1.29 is 14.3 Å². The van der Waals surface area contributed by atoms with Gasteiger partial charge in [0.05, 0.1) is 24.3 Å². The highest BCUT2D eigenvalue weighted by Crippen LogP contribution is 2.32. The van der Waals surface area contributed by atoms with E-state index in [1.165, 1.54) is 18.9 Å². The lowest BCUT2D eigenvalue weighted by atomic mass is 9.92. The highest BCUT2D eigenvalue weighted by molar-refractivity contribution is 7.98. The summed E-state index contributed by atoms with van der Waals surface area (Å²) in [6.07, 6.45) is -0.162. The van der Waals surface area contributed by atoms with Crippen molar-refractivity contribution in [3.05, 3.63) is 75.0 Å². The second kappa shape index (κ2) is 9.46. The average molecular weight is 471 g/mol. The van der Waals surface area contributed by atoms with E-state index in [4.69, 9.17) is 16.3 Å². The van der Waals surface area contributed by atoms with Gasteiger partial charge in [-0.1, -0.05) is 53.7 Å². The Morgan fingerprint density at radius 1 is 1.22 bits per heavy atom. The number of hydrogen-bond donors (Lipinski definition) is 3. The number of para-hydroxylation sites is 2. The smallest absolute Gasteiger partial charge is 0.257 e. The minimum absolute atomic E-state index is 0.0897. The number of carbonyl (C=O) groups excluding carboxylic acids is 2. The molecule has 4 rings (SSSR count). The van der Waals surface area contributed by atoms with Crippen LogP contribution >= 0.6 is 23.4 Å². The molecule has 1 atom stereocenters. The van der Waals surface area contributed by atoms with Gasteiger partial charge in [0, 0.05) is 17.2 Å². The number of amides is 2. The van der Waals surface area contributed by atoms with E-state index >= 15 is 0 Å². The zero-order valence-corrected chi connectivity index (χ0v) is 18.5. The third-order valence-corrected chi connectivity index (χ3v) is 6.22. The predicted molar refractivity (Wildman–Crippen MR) is 123 cm³/mol. The van der Waals surface area contributed by atoms with E-state index in [1.54, 1.807) is 30.3 Å². The largest absolute Gasteiger partial charge is 0.495 e. The van der Waals surface area contributed by atoms with Crippen LogP contribution in [0.5, 0.6) is 5.75 Å². The first-order valence-corrected chi connectivity index (χ1v) is 11.1. The maximum atomic E-state index is 13.0. The van der Waals surface area contributed by atoms with Crippen LogP contribution in [-0.4, -0.2) is 28.9 Å². The molecule has 2 aromatic carbocycles. The van der Waals surface area contributed by atoms with Gasteiger partial charge >= 0.3 is 0 Å². The quantitative estimate of drug-likeness (QED) is 0.373. The van der Waals surface area contributed by atoms with Gasteiger partial charge in [-0.15, -0.1) is 0 Å². The van der Waals surface area contributed by atoms with Crippen molar-refractivity contribution in [1.82, 2.24) is 9.97 Å². The summed E-state index contributed by atoms with van der Waals surface area (Å²) < 4.78 is 5.25. The van der Waals surface area contributed by atoms with Gasteiger partial charge in [-0.25, -0.2) is 4.98 Å². The molecule has 1 aromatic heterocycles. The fourth-order valence-electron chi connectivity index (χ4n) is 3.37. The molecular formula is C22H19ClN4O4S. The lowest BCUT2D eigenvalue weighted by Gasteiger charge is -2.23. The van der Waals surface area contributed by atoms with Crippen LogP contribution < -0.4 is 20.9 Å². The van der Waals surface area contributed by atoms with Gasteiger partial charge in [-0.05, 0) is 23.8 Å². The fraction of sp³-hybridized carbons (Fsp3) is 0.182. The molecule has 0 aliphatic carbocycles. The van der Waals surface area contributed by atoms with Crippen LogP contribution in [0, 0.1) is 0 Å². The Hall–Kier alpha value is -3.30. The molecule has 0 unspecified atom stereocenters. The molecule has 0 saturated carbocycles. The van der Waals surface area contributed by atoms with Gasteiger partial charge in [-0.3, -0.25) is 14.4 Å². The molecule has 10 heteroatoms. The van der Waals surface area contributed by atoms with Crippen molar-refractivity contribution in [2.75, 3.05) is 17.7 Å². The molecule has 0 radical (unpaired) electrons. The summed E-state index contributed by atoms with van der Waals surface area (Å²) in [5.74, 6) is -0.825. The Morgan fingerprint density at radius 2 is 1.97 bits per heavy atom. The Labute approximate surface area is 192 Å². The zero-order valence-electron chi connectivity index (χ0n) is 17.0. The number of rotatable bonds is 6. The fourth-order valence-corrected chi connectivity index (χ4v) is 4.52. The summed E-state index contributed by atoms with van der Waals surface area (Å²) in [4.78, 5) is 45.2. The van der Waals surface area contributed by atoms with Crippen LogP contribution in [0.3, 0.4) is 0 Å². The Morgan fingerprint density at radius 3 is 2.75 bits per heavy atom. The Kier molecular flexibility index (Phi) is 6.48. The first-order chi connectivity index (χ1) is 15.5. The summed E-state index contributed by atoms with van der Waals surface area (Å²) in [7, 11) is 1.49. The first kappa shape index (κ1) is 21.9. The Bertz CT molecular complexity index is 1250. The van der Waals surface area contributed by atoms with Crippen molar-refractivity contribution in [2.24, 2.45) is 0 Å². The van der Waals surface area contributed by atoms with Crippen LogP contribution in [0.4, 0.5) is 11.5 Å². The van der Waals surface area contributed by atoms with Crippen LogP contribution in [0.1, 0.15) is 23.5 Å². The second-order valence-electron chi connectivity index (χ2n) is 7.01. The van der Waals surface area contributed by atoms with Crippen LogP contribution in [0.15, 0.2) is 58.5 Å². The van der Waals surface area contributed by atoms with Crippen molar-refractivity contribution >= 4 is 46.7 Å². The maximum absolute atomic E-state index is 13.0. The normalized spacial score (nSPS) is 14.9. The number of thioether (sulfide) groups is 1. The van der Waals surface area contributed by atoms with E-state index in [0.717, 1.165) is 5.56 Å². The topological polar surface area (TPSA) is 113 Å². The molecule has 1 aliphatic heterocycles. The number of aromatic amines is 1. The number of anilines is 2. The molecule has 0 bridgehead atoms. The summed E-state index contributed by atoms with van der Waals surface area (Å²) >= 11 is 7.46. The van der Waals surface area contributed by atoms with E-state index < -0.39 is 23.3 Å². The van der Waals surface area contributed by atoms with Crippen LogP contribution in [0.2, 0.25) is 5.02 Å². The zero-order chi connectivity index (χ0) is 22.7. The monoisotopic (exact) mass is 470 g/mol. The number of aromatic nitrogens is 2. The number of fused-ring (bicyclic) bond motifs is 1. The lowest BCUT2D eigenvalue weighted by Crippen LogP contribution is -2.36. The number of nitrogens with zero attached hydrogens (tertiary/aromatic N) is 1. The van der Waals surface area contributed by atoms with Crippen LogP contribution in [-0.2, 0) is 15.3 Å². The second-order valence-corrected chi connectivity index (χ2v) is 8.38. The summed E-state index contributed by atoms with van der Waals surface area (Å²) in [6, 6.07) is 14.3. The van der Waals surface area contributed by atoms with Crippen molar-refractivity contribution in [3.63, 3.8) is 0 Å². The number of nitrogens with one attached hydrogen (secondary N) is 3. The highest BCUT2D eigenvalue weighted by atomic mass is 35.5. The van der Waals surface area contributed by atoms with Gasteiger partial charge in [0.1, 0.15) is 11.6 Å². The van der Waals surface area contributed by atoms with E-state index in [2.05, 4.69) is 20.6 Å². The number of hydrogen-bond acceptors (Lipinski definition) is 6. The minimum atomic E-state index is -0.984. The van der Waals surface area contributed by atoms with Crippen LogP contribution in [0.25, 0.3) is 0 Å². The summed E-state index contributed by atoms with van der Waals surface area (Å²) in [5.41, 5.74) is 0.984. The molecule has 0 fully saturated rings. The molecule has 32 heavy (non-hydrogen) atoms. The number of methoxy groups -OCH3 is 1. The van der Waals surface area contributed by atoms with Gasteiger partial charge in [0.2, 0.25) is 11.8 Å². The standard InChI is InChI=1S/C22H19ClN4O4S/c1-31-16-9-5-4-8-15(16)24-20(29)13-10-17(28)25-19-18(13)21(30)27-22(26-19)32-11-12-6-2-3-7-14(12)23/h2-9,13H,10-11H2,1H3,(H,24,29)(H2,25,26,27,28,30)/t13-/m0/s1. The van der Waals surface area contributed by atoms with Crippen molar-refractivity contribution in [3.8, 4) is 5.75 Å². The minimum Gasteiger partial charge on any atom is -0.495 e. The molecule has 8 nitrogen and oxygen atoms in total. The number of carbonyl (C=O) groups is 2. The molecule has 0 spiro atoms. The van der Waals surface area contributed by atoms with E-state index in [-0.39, 0.29) is 17.8 Å². The van der Waals surface area contributed by atoms with E-state index in [9.17, 15) is 14.4 Å². The van der Waals surface area contributed by atoms with Gasteiger partial charge < -0.3 is 20.4 Å². The molecule has 1 aliphatic rings. The van der Waals surface area contributed by atoms with Gasteiger partial charge in [-0.2, -0.15) is 0 Å². The van der Waals surface area contributed by atoms with Gasteiger partial charge in [0.25, 0.3) is 5.56 Å². The lowest BCUT2D eigenvalue weighted by molar-refractivity contribution is -0.123. The third kappa shape index (κ3) is 4.63. The summed E-state index contributed by atoms with van der Waals surface area (Å²) in [6.45, 7) is 0. The number of benzene rings is 2. The number of H-pyrrole nitrogens is 1. The number of ether oxygens (including phenoxy) is 1. The molecule has 2 amide bonds. The molecular weight excluding hydrogens is 452 g/mol. The molecule has 3 aromatic rings. The third-order valence-electron chi connectivity index (χ3n) is 4.93. The van der Waals surface area contributed by atoms with E-state index in [1.807, 2.05) is 18.2 Å². The molecule has 3 N–H and O–H groups in total. The number of halogens is 1. The maximum Gasteiger partial charge on any atom is 0.257 e.